The normalized spacial score (nSPS) is 14.2. The van der Waals surface area contributed by atoms with Gasteiger partial charge in [-0.25, -0.2) is 4.57 Å². The summed E-state index contributed by atoms with van der Waals surface area (Å²) in [5.74, 6) is -0.410. The zero-order valence-corrected chi connectivity index (χ0v) is 34.2. The van der Waals surface area contributed by atoms with Gasteiger partial charge in [-0.1, -0.05) is 171 Å². The topological polar surface area (TPSA) is 117 Å². The molecule has 0 aromatic heterocycles. The maximum atomic E-state index is 12.5. The third kappa shape index (κ3) is 39.4. The summed E-state index contributed by atoms with van der Waals surface area (Å²) in [5, 5.41) is 0. The summed E-state index contributed by atoms with van der Waals surface area (Å²) in [5.41, 5.74) is 5.36. The average molecular weight is 752 g/mol. The standard InChI is InChI=1S/C43H78NO7P/c1-3-5-7-9-11-13-15-17-19-20-21-22-23-24-26-28-30-32-34-36-43(45)51-42(41-50-52(46,47)49-39-37-44)40-48-38-35-33-31-29-27-25-18-16-14-12-10-8-6-4-2/h11,13,17,19,21-22,24,26,30,32,42H,3-10,12,14-16,18,20,23,25,27-29,31,33-41,44H2,1-2H3,(H,46,47)/b13-11-,19-17-,22-21-,26-24-,32-30-/t42-/m1/s1. The van der Waals surface area contributed by atoms with E-state index in [0.717, 1.165) is 38.5 Å². The Hall–Kier alpha value is -1.80. The van der Waals surface area contributed by atoms with Crippen LogP contribution in [0.4, 0.5) is 0 Å². The van der Waals surface area contributed by atoms with Crippen LogP contribution in [0.25, 0.3) is 0 Å². The minimum absolute atomic E-state index is 0.0863. The maximum Gasteiger partial charge on any atom is 0.472 e. The lowest BCUT2D eigenvalue weighted by Gasteiger charge is -2.20. The van der Waals surface area contributed by atoms with Crippen LogP contribution in [0, 0.1) is 0 Å². The van der Waals surface area contributed by atoms with Crippen molar-refractivity contribution in [1.82, 2.24) is 0 Å². The van der Waals surface area contributed by atoms with Crippen LogP contribution >= 0.6 is 7.82 Å². The molecular weight excluding hydrogens is 673 g/mol. The van der Waals surface area contributed by atoms with Crippen LogP contribution in [0.2, 0.25) is 0 Å². The number of unbranched alkanes of at least 4 members (excludes halogenated alkanes) is 16. The number of hydrogen-bond donors (Lipinski definition) is 2. The van der Waals surface area contributed by atoms with Crippen molar-refractivity contribution >= 4 is 13.8 Å². The van der Waals surface area contributed by atoms with Crippen LogP contribution in [-0.2, 0) is 27.9 Å². The van der Waals surface area contributed by atoms with Gasteiger partial charge in [-0.3, -0.25) is 13.8 Å². The lowest BCUT2D eigenvalue weighted by molar-refractivity contribution is -0.154. The predicted molar refractivity (Wildman–Crippen MR) is 219 cm³/mol. The first-order chi connectivity index (χ1) is 25.4. The van der Waals surface area contributed by atoms with Crippen LogP contribution in [0.1, 0.15) is 168 Å². The van der Waals surface area contributed by atoms with Crippen LogP contribution < -0.4 is 5.73 Å². The number of hydrogen-bond acceptors (Lipinski definition) is 7. The molecular formula is C43H78NO7P. The van der Waals surface area contributed by atoms with Crippen LogP contribution in [-0.4, -0.2) is 49.9 Å². The Morgan fingerprint density at radius 3 is 1.52 bits per heavy atom. The van der Waals surface area contributed by atoms with Crippen molar-refractivity contribution < 1.29 is 32.8 Å². The van der Waals surface area contributed by atoms with Gasteiger partial charge in [0.05, 0.1) is 19.8 Å². The van der Waals surface area contributed by atoms with E-state index in [1.165, 1.54) is 103 Å². The summed E-state index contributed by atoms with van der Waals surface area (Å²) in [6.07, 6.45) is 48.2. The summed E-state index contributed by atoms with van der Waals surface area (Å²) in [4.78, 5) is 22.4. The summed E-state index contributed by atoms with van der Waals surface area (Å²) < 4.78 is 33.3. The van der Waals surface area contributed by atoms with Gasteiger partial charge in [-0.05, 0) is 51.4 Å². The molecule has 0 aliphatic rings. The quantitative estimate of drug-likeness (QED) is 0.0276. The fourth-order valence-corrected chi connectivity index (χ4v) is 6.16. The highest BCUT2D eigenvalue weighted by molar-refractivity contribution is 7.47. The molecule has 9 heteroatoms. The number of phosphoric acid groups is 1. The monoisotopic (exact) mass is 752 g/mol. The van der Waals surface area contributed by atoms with E-state index in [-0.39, 0.29) is 32.8 Å². The van der Waals surface area contributed by atoms with E-state index in [1.807, 2.05) is 12.2 Å². The molecule has 0 saturated carbocycles. The lowest BCUT2D eigenvalue weighted by Crippen LogP contribution is -2.28. The second kappa shape index (κ2) is 40.4. The van der Waals surface area contributed by atoms with E-state index < -0.39 is 19.9 Å². The molecule has 0 radical (unpaired) electrons. The summed E-state index contributed by atoms with van der Waals surface area (Å²) in [7, 11) is -4.29. The number of carbonyl (C=O) groups is 1. The van der Waals surface area contributed by atoms with Crippen molar-refractivity contribution in [3.8, 4) is 0 Å². The molecule has 0 fully saturated rings. The molecule has 302 valence electrons. The first kappa shape index (κ1) is 50.2. The number of rotatable bonds is 39. The zero-order chi connectivity index (χ0) is 38.1. The average Bonchev–Trinajstić information content (AvgIpc) is 3.13. The summed E-state index contributed by atoms with van der Waals surface area (Å²) in [6.45, 7) is 4.79. The van der Waals surface area contributed by atoms with Crippen molar-refractivity contribution in [3.05, 3.63) is 60.8 Å². The number of carbonyl (C=O) groups excluding carboxylic acids is 1. The van der Waals surface area contributed by atoms with Crippen molar-refractivity contribution in [3.63, 3.8) is 0 Å². The van der Waals surface area contributed by atoms with E-state index in [9.17, 15) is 14.3 Å². The van der Waals surface area contributed by atoms with Gasteiger partial charge in [0.2, 0.25) is 0 Å². The van der Waals surface area contributed by atoms with Gasteiger partial charge in [0.15, 0.2) is 0 Å². The van der Waals surface area contributed by atoms with Crippen LogP contribution in [0.5, 0.6) is 0 Å². The Balaban J connectivity index is 4.20. The van der Waals surface area contributed by atoms with E-state index in [1.54, 1.807) is 0 Å². The van der Waals surface area contributed by atoms with E-state index in [4.69, 9.17) is 24.3 Å². The smallest absolute Gasteiger partial charge is 0.457 e. The molecule has 0 amide bonds. The number of ether oxygens (including phenoxy) is 2. The molecule has 2 atom stereocenters. The third-order valence-electron chi connectivity index (χ3n) is 8.45. The second-order valence-corrected chi connectivity index (χ2v) is 15.0. The molecule has 0 aliphatic heterocycles. The van der Waals surface area contributed by atoms with Crippen LogP contribution in [0.3, 0.4) is 0 Å². The minimum atomic E-state index is -4.29. The molecule has 0 rings (SSSR count). The van der Waals surface area contributed by atoms with Gasteiger partial charge in [0.25, 0.3) is 0 Å². The van der Waals surface area contributed by atoms with E-state index in [2.05, 4.69) is 62.5 Å². The molecule has 1 unspecified atom stereocenters. The molecule has 52 heavy (non-hydrogen) atoms. The van der Waals surface area contributed by atoms with Gasteiger partial charge >= 0.3 is 13.8 Å². The Morgan fingerprint density at radius 2 is 1.02 bits per heavy atom. The number of nitrogens with two attached hydrogens (primary N) is 1. The number of allylic oxidation sites excluding steroid dienone is 10. The molecule has 0 heterocycles. The Bertz CT molecular complexity index is 979. The fourth-order valence-electron chi connectivity index (χ4n) is 5.39. The SMILES string of the molecule is CCCCC/C=C\C/C=C\C/C=C\C/C=C\C/C=C\CCC(=O)O[C@H](COCCCCCCCCCCCCCCCC)COP(=O)(O)OCCN. The molecule has 8 nitrogen and oxygen atoms in total. The largest absolute Gasteiger partial charge is 0.472 e. The maximum absolute atomic E-state index is 12.5. The van der Waals surface area contributed by atoms with Gasteiger partial charge < -0.3 is 20.1 Å². The number of phosphoric ester groups is 1. The van der Waals surface area contributed by atoms with Crippen molar-refractivity contribution in [2.45, 2.75) is 174 Å². The van der Waals surface area contributed by atoms with Crippen LogP contribution in [0.15, 0.2) is 60.8 Å². The number of esters is 1. The highest BCUT2D eigenvalue weighted by atomic mass is 31.2. The predicted octanol–water partition coefficient (Wildman–Crippen LogP) is 12.2. The van der Waals surface area contributed by atoms with Gasteiger partial charge in [-0.15, -0.1) is 0 Å². The summed E-state index contributed by atoms with van der Waals surface area (Å²) >= 11 is 0. The Labute approximate surface area is 319 Å². The Morgan fingerprint density at radius 1 is 0.577 bits per heavy atom. The lowest BCUT2D eigenvalue weighted by atomic mass is 10.0. The van der Waals surface area contributed by atoms with Gasteiger partial charge in [-0.2, -0.15) is 0 Å². The first-order valence-corrected chi connectivity index (χ1v) is 22.3. The van der Waals surface area contributed by atoms with Crippen molar-refractivity contribution in [1.29, 1.82) is 0 Å². The first-order valence-electron chi connectivity index (χ1n) is 20.8. The minimum Gasteiger partial charge on any atom is -0.457 e. The van der Waals surface area contributed by atoms with Gasteiger partial charge in [0, 0.05) is 19.6 Å². The highest BCUT2D eigenvalue weighted by Gasteiger charge is 2.25. The Kier molecular flexibility index (Phi) is 39.0. The molecule has 3 N–H and O–H groups in total. The molecule has 0 spiro atoms. The summed E-state index contributed by atoms with van der Waals surface area (Å²) in [6, 6.07) is 0. The highest BCUT2D eigenvalue weighted by Crippen LogP contribution is 2.43. The van der Waals surface area contributed by atoms with Crippen molar-refractivity contribution in [2.75, 3.05) is 33.0 Å². The van der Waals surface area contributed by atoms with Crippen molar-refractivity contribution in [2.24, 2.45) is 5.73 Å². The third-order valence-corrected chi connectivity index (χ3v) is 9.44. The zero-order valence-electron chi connectivity index (χ0n) is 33.3. The molecule has 0 aliphatic carbocycles. The van der Waals surface area contributed by atoms with E-state index in [0.29, 0.717) is 13.0 Å². The van der Waals surface area contributed by atoms with Gasteiger partial charge in [0.1, 0.15) is 6.10 Å². The molecule has 0 aromatic rings. The second-order valence-electron chi connectivity index (χ2n) is 13.5. The molecule has 0 bridgehead atoms. The molecule has 0 aromatic carbocycles. The fraction of sp³-hybridized carbons (Fsp3) is 0.744. The molecule has 0 saturated heterocycles. The van der Waals surface area contributed by atoms with E-state index >= 15 is 0 Å².